The van der Waals surface area contributed by atoms with E-state index in [1.54, 1.807) is 17.9 Å². The molecule has 1 N–H and O–H groups in total. The van der Waals surface area contributed by atoms with Gasteiger partial charge in [0.05, 0.1) is 13.4 Å². The fourth-order valence-corrected chi connectivity index (χ4v) is 4.69. The number of nitrogens with zero attached hydrogens (tertiary/aromatic N) is 3. The molecular weight excluding hydrogens is 392 g/mol. The van der Waals surface area contributed by atoms with Gasteiger partial charge in [0.25, 0.3) is 10.0 Å². The summed E-state index contributed by atoms with van der Waals surface area (Å²) in [5.41, 5.74) is 0.986. The van der Waals surface area contributed by atoms with Gasteiger partial charge in [0, 0.05) is 37.8 Å². The Balaban J connectivity index is 1.52. The molecule has 0 spiro atoms. The molecule has 1 fully saturated rings. The molecule has 29 heavy (non-hydrogen) atoms. The number of rotatable bonds is 7. The molecule has 1 aliphatic heterocycles. The molecule has 0 unspecified atom stereocenters. The second-order valence-electron chi connectivity index (χ2n) is 7.50. The highest BCUT2D eigenvalue weighted by molar-refractivity contribution is 7.89. The van der Waals surface area contributed by atoms with Gasteiger partial charge >= 0.3 is 0 Å². The van der Waals surface area contributed by atoms with E-state index in [9.17, 15) is 13.2 Å². The van der Waals surface area contributed by atoms with Crippen LogP contribution in [0.25, 0.3) is 0 Å². The van der Waals surface area contributed by atoms with Crippen LogP contribution in [-0.4, -0.2) is 48.4 Å². The summed E-state index contributed by atoms with van der Waals surface area (Å²) in [6.07, 6.45) is 4.10. The maximum atomic E-state index is 12.8. The van der Waals surface area contributed by atoms with Gasteiger partial charge in [-0.15, -0.1) is 0 Å². The van der Waals surface area contributed by atoms with Crippen LogP contribution in [-0.2, 0) is 21.4 Å². The standard InChI is InChI=1S/C20H28N4O4S/c1-15(2)23-13-19(22-14-23)29(26,27)24-10-8-17(9-11-24)20(25)21-12-16-4-6-18(28-3)7-5-16/h4-7,13-15,17H,8-12H2,1-3H3,(H,21,25). The third-order valence-corrected chi connectivity index (χ3v) is 7.01. The van der Waals surface area contributed by atoms with Crippen molar-refractivity contribution in [3.63, 3.8) is 0 Å². The molecule has 1 saturated heterocycles. The number of sulfonamides is 1. The van der Waals surface area contributed by atoms with Gasteiger partial charge in [0.2, 0.25) is 5.91 Å². The zero-order valence-corrected chi connectivity index (χ0v) is 17.9. The summed E-state index contributed by atoms with van der Waals surface area (Å²) in [5, 5.41) is 3.01. The molecule has 158 valence electrons. The first-order valence-corrected chi connectivity index (χ1v) is 11.2. The lowest BCUT2D eigenvalue weighted by molar-refractivity contribution is -0.126. The molecule has 8 nitrogen and oxygen atoms in total. The van der Waals surface area contributed by atoms with Crippen LogP contribution in [0.2, 0.25) is 0 Å². The van der Waals surface area contributed by atoms with Gasteiger partial charge in [-0.2, -0.15) is 4.31 Å². The van der Waals surface area contributed by atoms with Crippen molar-refractivity contribution in [2.45, 2.75) is 44.3 Å². The second kappa shape index (κ2) is 8.96. The minimum absolute atomic E-state index is 0.0399. The number of carbonyl (C=O) groups is 1. The van der Waals surface area contributed by atoms with E-state index in [2.05, 4.69) is 10.3 Å². The van der Waals surface area contributed by atoms with Crippen LogP contribution in [0.1, 0.15) is 38.3 Å². The zero-order valence-electron chi connectivity index (χ0n) is 17.0. The predicted octanol–water partition coefficient (Wildman–Crippen LogP) is 2.19. The van der Waals surface area contributed by atoms with E-state index in [1.165, 1.54) is 10.6 Å². The van der Waals surface area contributed by atoms with Crippen molar-refractivity contribution >= 4 is 15.9 Å². The van der Waals surface area contributed by atoms with E-state index in [0.717, 1.165) is 11.3 Å². The van der Waals surface area contributed by atoms with Gasteiger partial charge in [-0.05, 0) is 44.4 Å². The van der Waals surface area contributed by atoms with Crippen LogP contribution in [0.4, 0.5) is 0 Å². The molecule has 9 heteroatoms. The Morgan fingerprint density at radius 2 is 1.90 bits per heavy atom. The van der Waals surface area contributed by atoms with E-state index in [0.29, 0.717) is 32.5 Å². The fourth-order valence-electron chi connectivity index (χ4n) is 3.30. The first kappa shape index (κ1) is 21.3. The maximum absolute atomic E-state index is 12.8. The van der Waals surface area contributed by atoms with E-state index in [4.69, 9.17) is 4.74 Å². The summed E-state index contributed by atoms with van der Waals surface area (Å²) in [6.45, 7) is 5.01. The minimum Gasteiger partial charge on any atom is -0.497 e. The molecule has 1 aromatic heterocycles. The first-order chi connectivity index (χ1) is 13.8. The van der Waals surface area contributed by atoms with Gasteiger partial charge in [-0.1, -0.05) is 12.1 Å². The molecule has 0 aliphatic carbocycles. The Morgan fingerprint density at radius 3 is 2.45 bits per heavy atom. The summed E-state index contributed by atoms with van der Waals surface area (Å²) >= 11 is 0. The highest BCUT2D eigenvalue weighted by Gasteiger charge is 2.33. The molecule has 0 bridgehead atoms. The van der Waals surface area contributed by atoms with Gasteiger partial charge in [0.15, 0.2) is 5.03 Å². The molecular formula is C20H28N4O4S. The molecule has 0 saturated carbocycles. The monoisotopic (exact) mass is 420 g/mol. The summed E-state index contributed by atoms with van der Waals surface area (Å²) in [4.78, 5) is 16.5. The zero-order chi connectivity index (χ0) is 21.0. The van der Waals surface area contributed by atoms with Crippen molar-refractivity contribution < 1.29 is 17.9 Å². The van der Waals surface area contributed by atoms with Crippen molar-refractivity contribution in [2.75, 3.05) is 20.2 Å². The van der Waals surface area contributed by atoms with E-state index in [1.807, 2.05) is 38.1 Å². The lowest BCUT2D eigenvalue weighted by Gasteiger charge is -2.30. The number of imidazole rings is 1. The largest absolute Gasteiger partial charge is 0.497 e. The minimum atomic E-state index is -3.63. The number of hydrogen-bond donors (Lipinski definition) is 1. The number of hydrogen-bond acceptors (Lipinski definition) is 5. The lowest BCUT2D eigenvalue weighted by Crippen LogP contribution is -2.42. The topological polar surface area (TPSA) is 93.5 Å². The Bertz CT molecular complexity index is 930. The summed E-state index contributed by atoms with van der Waals surface area (Å²) in [7, 11) is -2.02. The summed E-state index contributed by atoms with van der Waals surface area (Å²) in [6, 6.07) is 7.66. The number of ether oxygens (including phenoxy) is 1. The lowest BCUT2D eigenvalue weighted by atomic mass is 9.97. The number of piperidine rings is 1. The molecule has 0 atom stereocenters. The molecule has 1 aromatic carbocycles. The molecule has 2 aromatic rings. The number of carbonyl (C=O) groups excluding carboxylic acids is 1. The third-order valence-electron chi connectivity index (χ3n) is 5.23. The Kier molecular flexibility index (Phi) is 6.59. The number of amides is 1. The third kappa shape index (κ3) is 4.97. The van der Waals surface area contributed by atoms with Crippen LogP contribution < -0.4 is 10.1 Å². The smallest absolute Gasteiger partial charge is 0.262 e. The number of methoxy groups -OCH3 is 1. The quantitative estimate of drug-likeness (QED) is 0.741. The molecule has 1 amide bonds. The first-order valence-electron chi connectivity index (χ1n) is 9.75. The highest BCUT2D eigenvalue weighted by atomic mass is 32.2. The second-order valence-corrected chi connectivity index (χ2v) is 9.38. The number of benzene rings is 1. The maximum Gasteiger partial charge on any atom is 0.262 e. The van der Waals surface area contributed by atoms with Gasteiger partial charge in [-0.25, -0.2) is 13.4 Å². The summed E-state index contributed by atoms with van der Waals surface area (Å²) < 4.78 is 33.9. The highest BCUT2D eigenvalue weighted by Crippen LogP contribution is 2.24. The van der Waals surface area contributed by atoms with E-state index < -0.39 is 10.0 Å². The average Bonchev–Trinajstić information content (AvgIpc) is 3.24. The molecule has 3 rings (SSSR count). The predicted molar refractivity (Wildman–Crippen MR) is 109 cm³/mol. The van der Waals surface area contributed by atoms with Crippen molar-refractivity contribution in [2.24, 2.45) is 5.92 Å². The Morgan fingerprint density at radius 1 is 1.24 bits per heavy atom. The Labute approximate surface area is 171 Å². The van der Waals surface area contributed by atoms with Crippen LogP contribution >= 0.6 is 0 Å². The normalized spacial score (nSPS) is 16.1. The van der Waals surface area contributed by atoms with Crippen molar-refractivity contribution in [1.29, 1.82) is 0 Å². The van der Waals surface area contributed by atoms with Gasteiger partial charge in [0.1, 0.15) is 5.75 Å². The average molecular weight is 421 g/mol. The van der Waals surface area contributed by atoms with E-state index >= 15 is 0 Å². The van der Waals surface area contributed by atoms with Crippen molar-refractivity contribution in [3.05, 3.63) is 42.4 Å². The molecule has 2 heterocycles. The van der Waals surface area contributed by atoms with Gasteiger partial charge < -0.3 is 14.6 Å². The van der Waals surface area contributed by atoms with Crippen LogP contribution in [0.15, 0.2) is 41.8 Å². The van der Waals surface area contributed by atoms with Crippen molar-refractivity contribution in [1.82, 2.24) is 19.2 Å². The fraction of sp³-hybridized carbons (Fsp3) is 0.500. The van der Waals surface area contributed by atoms with Crippen LogP contribution in [0.5, 0.6) is 5.75 Å². The molecule has 0 radical (unpaired) electrons. The molecule has 1 aliphatic rings. The van der Waals surface area contributed by atoms with Crippen LogP contribution in [0, 0.1) is 5.92 Å². The number of aromatic nitrogens is 2. The summed E-state index contributed by atoms with van der Waals surface area (Å²) in [5.74, 6) is 0.543. The Hall–Kier alpha value is -2.39. The van der Waals surface area contributed by atoms with E-state index in [-0.39, 0.29) is 22.9 Å². The SMILES string of the molecule is COc1ccc(CNC(=O)C2CCN(S(=O)(=O)c3cn(C(C)C)cn3)CC2)cc1. The van der Waals surface area contributed by atoms with Gasteiger partial charge in [-0.3, -0.25) is 4.79 Å². The van der Waals surface area contributed by atoms with Crippen molar-refractivity contribution in [3.8, 4) is 5.75 Å². The van der Waals surface area contributed by atoms with Crippen LogP contribution in [0.3, 0.4) is 0 Å². The number of nitrogens with one attached hydrogen (secondary N) is 1.